The van der Waals surface area contributed by atoms with Gasteiger partial charge in [-0.15, -0.1) is 0 Å². The van der Waals surface area contributed by atoms with E-state index in [-0.39, 0.29) is 18.4 Å². The third kappa shape index (κ3) is 5.09. The van der Waals surface area contributed by atoms with Crippen LogP contribution in [-0.2, 0) is 9.59 Å². The number of nitrogens with two attached hydrogens (primary N) is 1. The average Bonchev–Trinajstić information content (AvgIpc) is 3.11. The first kappa shape index (κ1) is 20.5. The molecule has 0 spiro atoms. The summed E-state index contributed by atoms with van der Waals surface area (Å²) >= 11 is 0. The van der Waals surface area contributed by atoms with Crippen LogP contribution in [-0.4, -0.2) is 90.9 Å². The van der Waals surface area contributed by atoms with E-state index >= 15 is 0 Å². The predicted molar refractivity (Wildman–Crippen MR) is 103 cm³/mol. The lowest BCUT2D eigenvalue weighted by Crippen LogP contribution is -2.61. The van der Waals surface area contributed by atoms with Gasteiger partial charge in [-0.05, 0) is 26.7 Å². The van der Waals surface area contributed by atoms with Crippen molar-refractivity contribution in [2.24, 2.45) is 10.7 Å². The Bertz CT molecular complexity index is 532. The summed E-state index contributed by atoms with van der Waals surface area (Å²) in [6, 6.07) is 0.434. The molecule has 1 heterocycles. The van der Waals surface area contributed by atoms with Crippen LogP contribution in [0.4, 0.5) is 0 Å². The van der Waals surface area contributed by atoms with Crippen LogP contribution in [0.1, 0.15) is 39.5 Å². The number of primary amides is 1. The van der Waals surface area contributed by atoms with Crippen LogP contribution in [0.5, 0.6) is 0 Å². The maximum absolute atomic E-state index is 11.9. The molecule has 1 aliphatic heterocycles. The van der Waals surface area contributed by atoms with Gasteiger partial charge < -0.3 is 20.9 Å². The fourth-order valence-electron chi connectivity index (χ4n) is 3.41. The molecule has 0 aromatic heterocycles. The molecule has 1 saturated heterocycles. The molecule has 0 unspecified atom stereocenters. The topological polar surface area (TPSA) is 94.3 Å². The highest BCUT2D eigenvalue weighted by atomic mass is 16.2. The zero-order chi connectivity index (χ0) is 19.3. The van der Waals surface area contributed by atoms with Gasteiger partial charge in [0.15, 0.2) is 5.96 Å². The van der Waals surface area contributed by atoms with Crippen molar-refractivity contribution < 1.29 is 9.59 Å². The van der Waals surface area contributed by atoms with Gasteiger partial charge in [-0.1, -0.05) is 12.8 Å². The fourth-order valence-corrected chi connectivity index (χ4v) is 3.41. The highest BCUT2D eigenvalue weighted by Gasteiger charge is 2.35. The summed E-state index contributed by atoms with van der Waals surface area (Å²) < 4.78 is 0. The van der Waals surface area contributed by atoms with Crippen molar-refractivity contribution in [3.63, 3.8) is 0 Å². The van der Waals surface area contributed by atoms with E-state index in [4.69, 9.17) is 5.73 Å². The first-order chi connectivity index (χ1) is 12.2. The second-order valence-electron chi connectivity index (χ2n) is 7.95. The molecule has 0 radical (unpaired) electrons. The molecular formula is C18H34N6O2. The highest BCUT2D eigenvalue weighted by Crippen LogP contribution is 2.19. The SMILES string of the molecule is CN(C)C(=O)CN=C(NC1CCCC1)N1CCN(C(C)(C)C(N)=O)CC1. The van der Waals surface area contributed by atoms with Gasteiger partial charge in [-0.25, -0.2) is 4.99 Å². The monoisotopic (exact) mass is 366 g/mol. The molecular weight excluding hydrogens is 332 g/mol. The van der Waals surface area contributed by atoms with Crippen LogP contribution in [0.2, 0.25) is 0 Å². The number of nitrogens with zero attached hydrogens (tertiary/aromatic N) is 4. The molecule has 0 atom stereocenters. The van der Waals surface area contributed by atoms with Crippen molar-refractivity contribution in [3.05, 3.63) is 0 Å². The van der Waals surface area contributed by atoms with Gasteiger partial charge >= 0.3 is 0 Å². The molecule has 8 heteroatoms. The van der Waals surface area contributed by atoms with Crippen molar-refractivity contribution in [1.29, 1.82) is 0 Å². The zero-order valence-corrected chi connectivity index (χ0v) is 16.6. The van der Waals surface area contributed by atoms with E-state index in [9.17, 15) is 9.59 Å². The molecule has 2 aliphatic rings. The van der Waals surface area contributed by atoms with Gasteiger partial charge in [0.2, 0.25) is 11.8 Å². The Labute approximate surface area is 156 Å². The van der Waals surface area contributed by atoms with Crippen LogP contribution in [0.25, 0.3) is 0 Å². The number of aliphatic imine (C=N–C) groups is 1. The Kier molecular flexibility index (Phi) is 6.86. The molecule has 26 heavy (non-hydrogen) atoms. The van der Waals surface area contributed by atoms with E-state index in [0.717, 1.165) is 45.0 Å². The molecule has 148 valence electrons. The van der Waals surface area contributed by atoms with Crippen molar-refractivity contribution in [1.82, 2.24) is 20.0 Å². The van der Waals surface area contributed by atoms with Crippen molar-refractivity contribution in [2.45, 2.75) is 51.1 Å². The van der Waals surface area contributed by atoms with E-state index in [1.807, 2.05) is 13.8 Å². The molecule has 0 bridgehead atoms. The standard InChI is InChI=1S/C18H34N6O2/c1-18(2,16(19)26)24-11-9-23(10-12-24)17(20-13-15(25)22(3)4)21-14-7-5-6-8-14/h14H,5-13H2,1-4H3,(H2,19,26)(H,20,21). The molecule has 3 N–H and O–H groups in total. The molecule has 0 aromatic rings. The summed E-state index contributed by atoms with van der Waals surface area (Å²) in [7, 11) is 3.49. The second kappa shape index (κ2) is 8.70. The van der Waals surface area contributed by atoms with Gasteiger partial charge in [0.1, 0.15) is 6.54 Å². The number of carbonyl (C=O) groups excluding carboxylic acids is 2. The number of nitrogens with one attached hydrogen (secondary N) is 1. The Morgan fingerprint density at radius 1 is 1.15 bits per heavy atom. The molecule has 8 nitrogen and oxygen atoms in total. The molecule has 2 amide bonds. The zero-order valence-electron chi connectivity index (χ0n) is 16.6. The second-order valence-corrected chi connectivity index (χ2v) is 7.95. The summed E-state index contributed by atoms with van der Waals surface area (Å²) in [4.78, 5) is 34.1. The maximum Gasteiger partial charge on any atom is 0.243 e. The van der Waals surface area contributed by atoms with Crippen LogP contribution >= 0.6 is 0 Å². The number of likely N-dealkylation sites (N-methyl/N-ethyl adjacent to an activating group) is 1. The molecule has 1 saturated carbocycles. The minimum atomic E-state index is -0.650. The van der Waals surface area contributed by atoms with Gasteiger partial charge in [0.05, 0.1) is 5.54 Å². The maximum atomic E-state index is 11.9. The predicted octanol–water partition coefficient (Wildman–Crippen LogP) is -0.156. The molecule has 2 rings (SSSR count). The van der Waals surface area contributed by atoms with E-state index in [1.165, 1.54) is 12.8 Å². The van der Waals surface area contributed by atoms with Crippen LogP contribution in [0, 0.1) is 0 Å². The van der Waals surface area contributed by atoms with E-state index in [2.05, 4.69) is 20.1 Å². The molecule has 2 fully saturated rings. The molecule has 1 aliphatic carbocycles. The number of hydrogen-bond acceptors (Lipinski definition) is 4. The first-order valence-electron chi connectivity index (χ1n) is 9.53. The van der Waals surface area contributed by atoms with E-state index < -0.39 is 5.54 Å². The smallest absolute Gasteiger partial charge is 0.243 e. The van der Waals surface area contributed by atoms with E-state index in [0.29, 0.717) is 6.04 Å². The quantitative estimate of drug-likeness (QED) is 0.521. The third-order valence-electron chi connectivity index (χ3n) is 5.52. The van der Waals surface area contributed by atoms with Crippen LogP contribution < -0.4 is 11.1 Å². The van der Waals surface area contributed by atoms with Gasteiger partial charge in [0.25, 0.3) is 0 Å². The lowest BCUT2D eigenvalue weighted by atomic mass is 10.0. The van der Waals surface area contributed by atoms with Crippen molar-refractivity contribution >= 4 is 17.8 Å². The number of piperazine rings is 1. The van der Waals surface area contributed by atoms with Crippen LogP contribution in [0.15, 0.2) is 4.99 Å². The van der Waals surface area contributed by atoms with Gasteiger partial charge in [-0.2, -0.15) is 0 Å². The number of amides is 2. The Morgan fingerprint density at radius 3 is 2.23 bits per heavy atom. The third-order valence-corrected chi connectivity index (χ3v) is 5.52. The summed E-state index contributed by atoms with van der Waals surface area (Å²) in [6.45, 7) is 6.87. The molecule has 0 aromatic carbocycles. The van der Waals surface area contributed by atoms with Crippen LogP contribution in [0.3, 0.4) is 0 Å². The largest absolute Gasteiger partial charge is 0.368 e. The Morgan fingerprint density at radius 2 is 1.73 bits per heavy atom. The van der Waals surface area contributed by atoms with Gasteiger partial charge in [0, 0.05) is 46.3 Å². The number of carbonyl (C=O) groups is 2. The number of rotatable bonds is 5. The van der Waals surface area contributed by atoms with E-state index in [1.54, 1.807) is 19.0 Å². The minimum Gasteiger partial charge on any atom is -0.368 e. The number of hydrogen-bond donors (Lipinski definition) is 2. The van der Waals surface area contributed by atoms with Crippen molar-refractivity contribution in [3.8, 4) is 0 Å². The first-order valence-corrected chi connectivity index (χ1v) is 9.53. The summed E-state index contributed by atoms with van der Waals surface area (Å²) in [5.74, 6) is 0.494. The lowest BCUT2D eigenvalue weighted by molar-refractivity contribution is -0.129. The summed E-state index contributed by atoms with van der Waals surface area (Å²) in [6.07, 6.45) is 4.77. The minimum absolute atomic E-state index is 0.00998. The Hall–Kier alpha value is -1.83. The Balaban J connectivity index is 2.02. The highest BCUT2D eigenvalue weighted by molar-refractivity contribution is 5.85. The van der Waals surface area contributed by atoms with Crippen molar-refractivity contribution in [2.75, 3.05) is 46.8 Å². The number of guanidine groups is 1. The fraction of sp³-hybridized carbons (Fsp3) is 0.833. The summed E-state index contributed by atoms with van der Waals surface area (Å²) in [5.41, 5.74) is 4.89. The average molecular weight is 367 g/mol. The lowest BCUT2D eigenvalue weighted by Gasteiger charge is -2.43. The normalized spacial score (nSPS) is 20.3. The summed E-state index contributed by atoms with van der Waals surface area (Å²) in [5, 5.41) is 3.55. The van der Waals surface area contributed by atoms with Gasteiger partial charge in [-0.3, -0.25) is 14.5 Å².